The number of rotatable bonds is 2. The fourth-order valence-electron chi connectivity index (χ4n) is 4.65. The largest absolute Gasteiger partial charge is 0.352 e. The third kappa shape index (κ3) is 2.60. The van der Waals surface area contributed by atoms with Gasteiger partial charge in [0.25, 0.3) is 5.92 Å². The van der Waals surface area contributed by atoms with Gasteiger partial charge < -0.3 is 14.4 Å². The first-order valence-corrected chi connectivity index (χ1v) is 9.53. The van der Waals surface area contributed by atoms with Crippen LogP contribution in [-0.2, 0) is 23.8 Å². The van der Waals surface area contributed by atoms with E-state index in [-0.39, 0.29) is 12.1 Å². The molecule has 1 amide bonds. The van der Waals surface area contributed by atoms with E-state index in [4.69, 9.17) is 5.26 Å². The van der Waals surface area contributed by atoms with Crippen LogP contribution in [0.25, 0.3) is 0 Å². The molecule has 1 spiro atoms. The van der Waals surface area contributed by atoms with Crippen molar-refractivity contribution in [3.8, 4) is 6.07 Å². The Balaban J connectivity index is 1.53. The number of carbonyl (C=O) groups excluding carboxylic acids is 1. The number of fused-ring (bicyclic) bond motifs is 2. The summed E-state index contributed by atoms with van der Waals surface area (Å²) >= 11 is 0. The summed E-state index contributed by atoms with van der Waals surface area (Å²) in [5, 5.41) is 9.10. The number of carbonyl (C=O) groups is 1. The number of hydrogen-bond donors (Lipinski definition) is 0. The minimum Gasteiger partial charge on any atom is -0.352 e. The molecule has 2 atom stereocenters. The normalized spacial score (nSPS) is 27.0. The third-order valence-corrected chi connectivity index (χ3v) is 6.29. The molecule has 8 nitrogen and oxygen atoms in total. The number of aromatic nitrogens is 4. The Bertz CT molecular complexity index is 1050. The molecule has 0 aromatic carbocycles. The average molecular weight is 399 g/mol. The molecule has 2 aliphatic heterocycles. The first-order chi connectivity index (χ1) is 13.9. The topological polar surface area (TPSA) is 90.9 Å². The number of nitriles is 1. The minimum absolute atomic E-state index is 0.205. The van der Waals surface area contributed by atoms with Gasteiger partial charge in [-0.15, -0.1) is 0 Å². The molecule has 3 aliphatic rings. The molecule has 1 aliphatic carbocycles. The molecule has 0 radical (unpaired) electrons. The van der Waals surface area contributed by atoms with Crippen LogP contribution >= 0.6 is 0 Å². The van der Waals surface area contributed by atoms with Gasteiger partial charge in [-0.1, -0.05) is 0 Å². The maximum absolute atomic E-state index is 13.7. The Kier molecular flexibility index (Phi) is 3.69. The zero-order valence-electron chi connectivity index (χ0n) is 15.8. The van der Waals surface area contributed by atoms with Crippen LogP contribution in [0.4, 0.5) is 14.6 Å². The number of anilines is 1. The highest BCUT2D eigenvalue weighted by atomic mass is 19.3. The summed E-state index contributed by atoms with van der Waals surface area (Å²) in [5.41, 5.74) is 1.22. The van der Waals surface area contributed by atoms with E-state index in [2.05, 4.69) is 15.0 Å². The fourth-order valence-corrected chi connectivity index (χ4v) is 4.65. The molecule has 0 N–H and O–H groups in total. The zero-order valence-corrected chi connectivity index (χ0v) is 15.8. The van der Waals surface area contributed by atoms with Crippen LogP contribution < -0.4 is 4.90 Å². The van der Waals surface area contributed by atoms with E-state index < -0.39 is 23.3 Å². The van der Waals surface area contributed by atoms with Crippen molar-refractivity contribution >= 4 is 11.7 Å². The number of imidazole rings is 1. The van der Waals surface area contributed by atoms with Gasteiger partial charge in [0.05, 0.1) is 24.4 Å². The lowest BCUT2D eigenvalue weighted by Gasteiger charge is -2.44. The van der Waals surface area contributed by atoms with Crippen LogP contribution in [0.2, 0.25) is 0 Å². The molecule has 29 heavy (non-hydrogen) atoms. The molecule has 2 unspecified atom stereocenters. The Morgan fingerprint density at radius 3 is 2.86 bits per heavy atom. The maximum atomic E-state index is 13.7. The van der Waals surface area contributed by atoms with Gasteiger partial charge in [0.15, 0.2) is 5.69 Å². The highest BCUT2D eigenvalue weighted by molar-refractivity contribution is 5.84. The summed E-state index contributed by atoms with van der Waals surface area (Å²) in [6.07, 6.45) is 5.43. The molecule has 1 saturated carbocycles. The van der Waals surface area contributed by atoms with Crippen molar-refractivity contribution in [3.63, 3.8) is 0 Å². The molecule has 10 heteroatoms. The highest BCUT2D eigenvalue weighted by Crippen LogP contribution is 2.52. The predicted octanol–water partition coefficient (Wildman–Crippen LogP) is 1.23. The van der Waals surface area contributed by atoms with Crippen molar-refractivity contribution in [2.45, 2.75) is 30.7 Å². The summed E-state index contributed by atoms with van der Waals surface area (Å²) in [6.45, 7) is 1.32. The van der Waals surface area contributed by atoms with E-state index in [1.165, 1.54) is 6.20 Å². The molecule has 5 rings (SSSR count). The van der Waals surface area contributed by atoms with Crippen molar-refractivity contribution in [1.82, 2.24) is 24.4 Å². The second kappa shape index (κ2) is 5.95. The van der Waals surface area contributed by atoms with Crippen LogP contribution in [-0.4, -0.2) is 55.9 Å². The second-order valence-corrected chi connectivity index (χ2v) is 7.99. The van der Waals surface area contributed by atoms with E-state index in [0.29, 0.717) is 38.3 Å². The summed E-state index contributed by atoms with van der Waals surface area (Å²) in [4.78, 5) is 29.5. The molecule has 0 bridgehead atoms. The van der Waals surface area contributed by atoms with Crippen LogP contribution in [0.15, 0.2) is 18.7 Å². The number of halogens is 2. The Labute approximate surface area is 165 Å². The second-order valence-electron chi connectivity index (χ2n) is 7.99. The lowest BCUT2D eigenvalue weighted by Crippen LogP contribution is -2.56. The quantitative estimate of drug-likeness (QED) is 0.754. The molecule has 150 valence electrons. The zero-order chi connectivity index (χ0) is 20.4. The molecule has 1 saturated heterocycles. The van der Waals surface area contributed by atoms with Gasteiger partial charge in [-0.3, -0.25) is 9.78 Å². The standard InChI is InChI=1S/C19H19F2N7O/c1-26-11-24-16-14(26)2-4-28(17(29)13-6-19(13,20)21)18(16)3-5-27(10-18)15-9-23-8-12(7-22)25-15/h8-9,11,13H,2-6,10H2,1H3. The van der Waals surface area contributed by atoms with E-state index in [1.807, 2.05) is 22.6 Å². The van der Waals surface area contributed by atoms with Crippen molar-refractivity contribution in [1.29, 1.82) is 5.26 Å². The smallest absolute Gasteiger partial charge is 0.260 e. The predicted molar refractivity (Wildman–Crippen MR) is 96.9 cm³/mol. The number of amides is 1. The van der Waals surface area contributed by atoms with Crippen LogP contribution in [0.3, 0.4) is 0 Å². The van der Waals surface area contributed by atoms with E-state index in [0.717, 1.165) is 11.4 Å². The van der Waals surface area contributed by atoms with Crippen LogP contribution in [0.1, 0.15) is 29.9 Å². The van der Waals surface area contributed by atoms with Gasteiger partial charge in [0, 0.05) is 45.2 Å². The molecule has 2 fully saturated rings. The van der Waals surface area contributed by atoms with Gasteiger partial charge in [-0.05, 0) is 6.42 Å². The fraction of sp³-hybridized carbons (Fsp3) is 0.526. The number of aryl methyl sites for hydroxylation is 1. The van der Waals surface area contributed by atoms with E-state index in [1.54, 1.807) is 17.4 Å². The SMILES string of the molecule is Cn1cnc2c1CCN(C(=O)C1CC1(F)F)C21CCN(c2cncc(C#N)n2)C1. The van der Waals surface area contributed by atoms with Crippen LogP contribution in [0.5, 0.6) is 0 Å². The molecular weight excluding hydrogens is 380 g/mol. The molecular formula is C19H19F2N7O. The average Bonchev–Trinajstić information content (AvgIpc) is 3.04. The third-order valence-electron chi connectivity index (χ3n) is 6.29. The van der Waals surface area contributed by atoms with Gasteiger partial charge in [0.2, 0.25) is 5.91 Å². The number of hydrogen-bond acceptors (Lipinski definition) is 6. The summed E-state index contributed by atoms with van der Waals surface area (Å²) in [6, 6.07) is 1.98. The summed E-state index contributed by atoms with van der Waals surface area (Å²) in [7, 11) is 1.90. The van der Waals surface area contributed by atoms with Crippen LogP contribution in [0, 0.1) is 17.2 Å². The summed E-state index contributed by atoms with van der Waals surface area (Å²) in [5.74, 6) is -4.10. The lowest BCUT2D eigenvalue weighted by molar-refractivity contribution is -0.142. The lowest BCUT2D eigenvalue weighted by atomic mass is 9.85. The number of nitrogens with zero attached hydrogens (tertiary/aromatic N) is 7. The monoisotopic (exact) mass is 399 g/mol. The maximum Gasteiger partial charge on any atom is 0.260 e. The van der Waals surface area contributed by atoms with Gasteiger partial charge in [-0.2, -0.15) is 5.26 Å². The Morgan fingerprint density at radius 1 is 1.34 bits per heavy atom. The van der Waals surface area contributed by atoms with Crippen molar-refractivity contribution in [3.05, 3.63) is 35.8 Å². The Hall–Kier alpha value is -3.09. The van der Waals surface area contributed by atoms with Crippen molar-refractivity contribution in [2.24, 2.45) is 13.0 Å². The minimum atomic E-state index is -2.91. The van der Waals surface area contributed by atoms with Gasteiger partial charge in [0.1, 0.15) is 23.3 Å². The molecule has 2 aromatic heterocycles. The first-order valence-electron chi connectivity index (χ1n) is 9.53. The van der Waals surface area contributed by atoms with E-state index in [9.17, 15) is 13.6 Å². The Morgan fingerprint density at radius 2 is 2.14 bits per heavy atom. The molecule has 4 heterocycles. The summed E-state index contributed by atoms with van der Waals surface area (Å²) < 4.78 is 29.3. The number of alkyl halides is 2. The van der Waals surface area contributed by atoms with Crippen molar-refractivity contribution < 1.29 is 13.6 Å². The first kappa shape index (κ1) is 18.0. The van der Waals surface area contributed by atoms with E-state index >= 15 is 0 Å². The van der Waals surface area contributed by atoms with Gasteiger partial charge >= 0.3 is 0 Å². The highest BCUT2D eigenvalue weighted by Gasteiger charge is 2.65. The van der Waals surface area contributed by atoms with Crippen molar-refractivity contribution in [2.75, 3.05) is 24.5 Å². The molecule has 2 aromatic rings. The van der Waals surface area contributed by atoms with Gasteiger partial charge in [-0.25, -0.2) is 18.7 Å².